The maximum absolute atomic E-state index is 12.1. The number of hydrogen-bond acceptors (Lipinski definition) is 3. The van der Waals surface area contributed by atoms with E-state index in [1.165, 1.54) is 5.56 Å². The van der Waals surface area contributed by atoms with Gasteiger partial charge < -0.3 is 4.42 Å². The number of carbonyl (C=O) groups excluding carboxylic acids is 1. The van der Waals surface area contributed by atoms with Gasteiger partial charge in [0.05, 0.1) is 12.6 Å². The molecular formula is C21H22N2O2. The summed E-state index contributed by atoms with van der Waals surface area (Å²) < 4.78 is 5.81. The third-order valence-electron chi connectivity index (χ3n) is 4.35. The highest BCUT2D eigenvalue weighted by molar-refractivity contribution is 5.91. The van der Waals surface area contributed by atoms with Crippen molar-refractivity contribution in [2.45, 2.75) is 34.1 Å². The quantitative estimate of drug-likeness (QED) is 0.569. The fourth-order valence-electron chi connectivity index (χ4n) is 2.89. The summed E-state index contributed by atoms with van der Waals surface area (Å²) in [7, 11) is 0. The molecule has 128 valence electrons. The van der Waals surface area contributed by atoms with Crippen LogP contribution in [0.1, 0.15) is 33.6 Å². The molecule has 0 radical (unpaired) electrons. The van der Waals surface area contributed by atoms with Crippen LogP contribution in [0.2, 0.25) is 0 Å². The molecule has 3 aromatic rings. The Morgan fingerprint density at radius 2 is 1.80 bits per heavy atom. The molecule has 1 N–H and O–H groups in total. The summed E-state index contributed by atoms with van der Waals surface area (Å²) >= 11 is 0. The highest BCUT2D eigenvalue weighted by Gasteiger charge is 2.09. The lowest BCUT2D eigenvalue weighted by Gasteiger charge is -2.05. The molecule has 0 aliphatic heterocycles. The van der Waals surface area contributed by atoms with Gasteiger partial charge in [0, 0.05) is 10.9 Å². The Morgan fingerprint density at radius 1 is 1.08 bits per heavy atom. The first-order valence-electron chi connectivity index (χ1n) is 8.32. The van der Waals surface area contributed by atoms with Crippen LogP contribution in [0.5, 0.6) is 0 Å². The number of furan rings is 1. The van der Waals surface area contributed by atoms with Gasteiger partial charge in [0.2, 0.25) is 5.91 Å². The number of benzene rings is 2. The van der Waals surface area contributed by atoms with E-state index in [9.17, 15) is 4.79 Å². The van der Waals surface area contributed by atoms with Crippen LogP contribution in [-0.2, 0) is 11.2 Å². The van der Waals surface area contributed by atoms with E-state index in [0.29, 0.717) is 12.2 Å². The Hall–Kier alpha value is -2.88. The largest absolute Gasteiger partial charge is 0.455 e. The molecule has 3 rings (SSSR count). The molecule has 0 spiro atoms. The number of hydrazone groups is 1. The maximum Gasteiger partial charge on any atom is 0.244 e. The Labute approximate surface area is 147 Å². The topological polar surface area (TPSA) is 54.6 Å². The molecule has 1 heterocycles. The molecule has 4 heteroatoms. The molecule has 1 amide bonds. The van der Waals surface area contributed by atoms with Gasteiger partial charge in [0.25, 0.3) is 0 Å². The van der Waals surface area contributed by atoms with Crippen molar-refractivity contribution in [3.63, 3.8) is 0 Å². The second-order valence-electron chi connectivity index (χ2n) is 6.49. The van der Waals surface area contributed by atoms with Gasteiger partial charge in [-0.25, -0.2) is 5.43 Å². The first kappa shape index (κ1) is 17.0. The molecule has 1 aromatic heterocycles. The molecule has 2 aromatic carbocycles. The van der Waals surface area contributed by atoms with E-state index in [1.807, 2.05) is 52.0 Å². The highest BCUT2D eigenvalue weighted by atomic mass is 16.3. The lowest BCUT2D eigenvalue weighted by Crippen LogP contribution is -2.20. The van der Waals surface area contributed by atoms with Crippen molar-refractivity contribution in [2.24, 2.45) is 5.10 Å². The molecule has 4 nitrogen and oxygen atoms in total. The van der Waals surface area contributed by atoms with Gasteiger partial charge in [-0.2, -0.15) is 5.10 Å². The third-order valence-corrected chi connectivity index (χ3v) is 4.35. The van der Waals surface area contributed by atoms with Gasteiger partial charge >= 0.3 is 0 Å². The van der Waals surface area contributed by atoms with Gasteiger partial charge in [-0.3, -0.25) is 4.79 Å². The van der Waals surface area contributed by atoms with Crippen LogP contribution in [-0.4, -0.2) is 12.1 Å². The van der Waals surface area contributed by atoms with Gasteiger partial charge in [-0.15, -0.1) is 0 Å². The first-order chi connectivity index (χ1) is 11.9. The minimum atomic E-state index is -0.146. The van der Waals surface area contributed by atoms with Crippen molar-refractivity contribution >= 4 is 23.1 Å². The average molecular weight is 334 g/mol. The first-order valence-corrected chi connectivity index (χ1v) is 8.32. The van der Waals surface area contributed by atoms with Crippen molar-refractivity contribution in [1.82, 2.24) is 5.43 Å². The van der Waals surface area contributed by atoms with Crippen molar-refractivity contribution in [1.29, 1.82) is 0 Å². The zero-order chi connectivity index (χ0) is 18.0. The SMILES string of the molecule is Cc1ccc(CC(=O)N/N=C\c2oc3cc(C)ccc3c2C)c(C)c1. The lowest BCUT2D eigenvalue weighted by molar-refractivity contribution is -0.120. The molecule has 0 unspecified atom stereocenters. The van der Waals surface area contributed by atoms with Gasteiger partial charge in [0.1, 0.15) is 5.58 Å². The summed E-state index contributed by atoms with van der Waals surface area (Å²) in [5.41, 5.74) is 8.88. The monoisotopic (exact) mass is 334 g/mol. The molecular weight excluding hydrogens is 312 g/mol. The molecule has 0 aliphatic carbocycles. The molecule has 0 atom stereocenters. The molecule has 0 aliphatic rings. The maximum atomic E-state index is 12.1. The van der Waals surface area contributed by atoms with Crippen molar-refractivity contribution in [2.75, 3.05) is 0 Å². The van der Waals surface area contributed by atoms with Gasteiger partial charge in [-0.05, 0) is 50.5 Å². The normalized spacial score (nSPS) is 11.4. The number of fused-ring (bicyclic) bond motifs is 1. The number of aryl methyl sites for hydroxylation is 4. The predicted molar refractivity (Wildman–Crippen MR) is 101 cm³/mol. The number of amides is 1. The summed E-state index contributed by atoms with van der Waals surface area (Å²) in [5.74, 6) is 0.514. The van der Waals surface area contributed by atoms with E-state index in [2.05, 4.69) is 22.7 Å². The second-order valence-corrected chi connectivity index (χ2v) is 6.49. The molecule has 0 fully saturated rings. The van der Waals surface area contributed by atoms with Crippen LogP contribution >= 0.6 is 0 Å². The number of rotatable bonds is 4. The zero-order valence-electron chi connectivity index (χ0n) is 15.0. The molecule has 0 bridgehead atoms. The van der Waals surface area contributed by atoms with Crippen LogP contribution < -0.4 is 5.43 Å². The Morgan fingerprint density at radius 3 is 2.56 bits per heavy atom. The van der Waals surface area contributed by atoms with E-state index in [-0.39, 0.29) is 5.91 Å². The van der Waals surface area contributed by atoms with E-state index in [0.717, 1.165) is 33.2 Å². The summed E-state index contributed by atoms with van der Waals surface area (Å²) in [6.45, 7) is 8.06. The summed E-state index contributed by atoms with van der Waals surface area (Å²) in [6, 6.07) is 12.2. The number of nitrogens with zero attached hydrogens (tertiary/aromatic N) is 1. The summed E-state index contributed by atoms with van der Waals surface area (Å²) in [5, 5.41) is 5.11. The lowest BCUT2D eigenvalue weighted by atomic mass is 10.0. The third kappa shape index (κ3) is 3.79. The van der Waals surface area contributed by atoms with Crippen LogP contribution in [0.15, 0.2) is 45.9 Å². The predicted octanol–water partition coefficient (Wildman–Crippen LogP) is 4.36. The van der Waals surface area contributed by atoms with E-state index >= 15 is 0 Å². The minimum Gasteiger partial charge on any atom is -0.455 e. The minimum absolute atomic E-state index is 0.146. The number of hydrogen-bond donors (Lipinski definition) is 1. The number of carbonyl (C=O) groups is 1. The van der Waals surface area contributed by atoms with E-state index in [1.54, 1.807) is 6.21 Å². The van der Waals surface area contributed by atoms with E-state index in [4.69, 9.17) is 4.42 Å². The van der Waals surface area contributed by atoms with Gasteiger partial charge in [0.15, 0.2) is 5.76 Å². The highest BCUT2D eigenvalue weighted by Crippen LogP contribution is 2.24. The molecule has 0 saturated heterocycles. The average Bonchev–Trinajstić information content (AvgIpc) is 2.86. The Bertz CT molecular complexity index is 967. The molecule has 25 heavy (non-hydrogen) atoms. The smallest absolute Gasteiger partial charge is 0.244 e. The van der Waals surface area contributed by atoms with Crippen LogP contribution in [0.3, 0.4) is 0 Å². The van der Waals surface area contributed by atoms with Crippen molar-refractivity contribution in [3.05, 3.63) is 70.0 Å². The summed E-state index contributed by atoms with van der Waals surface area (Å²) in [6.07, 6.45) is 1.87. The second kappa shape index (κ2) is 6.93. The number of nitrogens with one attached hydrogen (secondary N) is 1. The Kier molecular flexibility index (Phi) is 4.70. The standard InChI is InChI=1S/C21H22N2O2/c1-13-5-7-17(15(3)9-13)11-21(24)23-22-12-20-16(4)18-8-6-14(2)10-19(18)25-20/h5-10,12H,11H2,1-4H3,(H,23,24)/b22-12-. The summed E-state index contributed by atoms with van der Waals surface area (Å²) in [4.78, 5) is 12.1. The van der Waals surface area contributed by atoms with Crippen LogP contribution in [0, 0.1) is 27.7 Å². The van der Waals surface area contributed by atoms with E-state index < -0.39 is 0 Å². The Balaban J connectivity index is 1.68. The fraction of sp³-hybridized carbons (Fsp3) is 0.238. The fourth-order valence-corrected chi connectivity index (χ4v) is 2.89. The van der Waals surface area contributed by atoms with Crippen LogP contribution in [0.4, 0.5) is 0 Å². The molecule has 0 saturated carbocycles. The van der Waals surface area contributed by atoms with Crippen LogP contribution in [0.25, 0.3) is 11.0 Å². The zero-order valence-corrected chi connectivity index (χ0v) is 15.0. The van der Waals surface area contributed by atoms with Crippen molar-refractivity contribution < 1.29 is 9.21 Å². The van der Waals surface area contributed by atoms with Crippen molar-refractivity contribution in [3.8, 4) is 0 Å². The van der Waals surface area contributed by atoms with Gasteiger partial charge in [-0.1, -0.05) is 35.9 Å².